The Labute approximate surface area is 159 Å². The van der Waals surface area contributed by atoms with Crippen LogP contribution in [0.4, 0.5) is 13.2 Å². The van der Waals surface area contributed by atoms with Crippen molar-refractivity contribution >= 4 is 0 Å². The molecule has 0 saturated carbocycles. The van der Waals surface area contributed by atoms with Crippen LogP contribution in [0.1, 0.15) is 22.7 Å². The molecule has 3 heterocycles. The molecule has 0 aliphatic carbocycles. The van der Waals surface area contributed by atoms with Crippen molar-refractivity contribution in [3.63, 3.8) is 0 Å². The van der Waals surface area contributed by atoms with Gasteiger partial charge in [-0.3, -0.25) is 9.88 Å². The van der Waals surface area contributed by atoms with Crippen LogP contribution < -0.4 is 5.32 Å². The fourth-order valence-electron chi connectivity index (χ4n) is 3.33. The van der Waals surface area contributed by atoms with Crippen molar-refractivity contribution in [3.8, 4) is 11.4 Å². The van der Waals surface area contributed by atoms with Crippen LogP contribution in [0.3, 0.4) is 0 Å². The molecule has 0 bridgehead atoms. The fraction of sp³-hybridized carbons (Fsp3) is 0.316. The molecule has 3 aromatic rings. The molecule has 0 spiro atoms. The van der Waals surface area contributed by atoms with Gasteiger partial charge in [0.15, 0.2) is 0 Å². The molecule has 28 heavy (non-hydrogen) atoms. The zero-order valence-corrected chi connectivity index (χ0v) is 14.9. The van der Waals surface area contributed by atoms with Crippen molar-refractivity contribution in [1.82, 2.24) is 25.3 Å². The summed E-state index contributed by atoms with van der Waals surface area (Å²) in [6, 6.07) is 7.30. The van der Waals surface area contributed by atoms with Gasteiger partial charge in [-0.1, -0.05) is 17.3 Å². The van der Waals surface area contributed by atoms with E-state index in [1.165, 1.54) is 6.39 Å². The largest absolute Gasteiger partial charge is 0.416 e. The summed E-state index contributed by atoms with van der Waals surface area (Å²) in [5, 5.41) is 7.19. The summed E-state index contributed by atoms with van der Waals surface area (Å²) < 4.78 is 43.0. The second kappa shape index (κ2) is 7.69. The number of halogens is 3. The first-order valence-corrected chi connectivity index (χ1v) is 8.82. The maximum atomic E-state index is 12.8. The number of nitrogens with one attached hydrogen (secondary N) is 1. The van der Waals surface area contributed by atoms with E-state index < -0.39 is 11.7 Å². The molecule has 1 fully saturated rings. The summed E-state index contributed by atoms with van der Waals surface area (Å²) in [6.07, 6.45) is 0.421. The van der Waals surface area contributed by atoms with Gasteiger partial charge in [-0.15, -0.1) is 0 Å². The minimum atomic E-state index is -4.32. The maximum Gasteiger partial charge on any atom is 0.416 e. The molecule has 6 nitrogen and oxygen atoms in total. The lowest BCUT2D eigenvalue weighted by Gasteiger charge is -2.34. The van der Waals surface area contributed by atoms with Gasteiger partial charge in [-0.05, 0) is 29.3 Å². The number of hydrogen-bond acceptors (Lipinski definition) is 6. The standard InChI is InChI=1S/C19H18F3N5O/c20-19(21,22)16-3-1-14(2-4-16)17-11-27(6-5-24-17)10-13-7-15(9-23-8-13)18-25-12-28-26-18/h1-4,7-9,12,17,24H,5-6,10-11H2. The van der Waals surface area contributed by atoms with Crippen molar-refractivity contribution in [2.45, 2.75) is 18.8 Å². The van der Waals surface area contributed by atoms with Gasteiger partial charge in [0.1, 0.15) is 0 Å². The Morgan fingerprint density at radius 1 is 1.18 bits per heavy atom. The predicted octanol–water partition coefficient (Wildman–Crippen LogP) is 3.30. The Bertz CT molecular complexity index is 912. The van der Waals surface area contributed by atoms with Crippen molar-refractivity contribution in [2.75, 3.05) is 19.6 Å². The number of piperazine rings is 1. The third kappa shape index (κ3) is 4.20. The summed E-state index contributed by atoms with van der Waals surface area (Å²) >= 11 is 0. The number of nitrogens with zero attached hydrogens (tertiary/aromatic N) is 4. The SMILES string of the molecule is FC(F)(F)c1ccc(C2CN(Cc3cncc(-c4ncon4)c3)CCN2)cc1. The van der Waals surface area contributed by atoms with E-state index in [0.29, 0.717) is 18.9 Å². The van der Waals surface area contributed by atoms with Crippen molar-refractivity contribution in [2.24, 2.45) is 0 Å². The highest BCUT2D eigenvalue weighted by Gasteiger charge is 2.30. The molecule has 0 radical (unpaired) electrons. The number of rotatable bonds is 4. The lowest BCUT2D eigenvalue weighted by molar-refractivity contribution is -0.137. The minimum Gasteiger partial charge on any atom is -0.342 e. The van der Waals surface area contributed by atoms with Crippen LogP contribution in [0.2, 0.25) is 0 Å². The van der Waals surface area contributed by atoms with Gasteiger partial charge < -0.3 is 9.84 Å². The fourth-order valence-corrected chi connectivity index (χ4v) is 3.33. The molecule has 0 amide bonds. The smallest absolute Gasteiger partial charge is 0.342 e. The highest BCUT2D eigenvalue weighted by Crippen LogP contribution is 2.30. The first kappa shape index (κ1) is 18.6. The highest BCUT2D eigenvalue weighted by molar-refractivity contribution is 5.53. The van der Waals surface area contributed by atoms with E-state index in [1.807, 2.05) is 6.07 Å². The first-order chi connectivity index (χ1) is 13.5. The third-order valence-electron chi connectivity index (χ3n) is 4.72. The van der Waals surface area contributed by atoms with E-state index in [1.54, 1.807) is 24.5 Å². The molecular weight excluding hydrogens is 371 g/mol. The summed E-state index contributed by atoms with van der Waals surface area (Å²) in [5.74, 6) is 0.484. The summed E-state index contributed by atoms with van der Waals surface area (Å²) in [4.78, 5) is 10.5. The van der Waals surface area contributed by atoms with Gasteiger partial charge in [0, 0.05) is 50.2 Å². The van der Waals surface area contributed by atoms with Crippen LogP contribution in [-0.2, 0) is 12.7 Å². The van der Waals surface area contributed by atoms with E-state index >= 15 is 0 Å². The number of hydrogen-bond donors (Lipinski definition) is 1. The van der Waals surface area contributed by atoms with Crippen molar-refractivity contribution in [1.29, 1.82) is 0 Å². The molecule has 1 aliphatic heterocycles. The number of benzene rings is 1. The molecule has 1 N–H and O–H groups in total. The minimum absolute atomic E-state index is 0.0237. The zero-order valence-electron chi connectivity index (χ0n) is 14.9. The van der Waals surface area contributed by atoms with Gasteiger partial charge in [0.25, 0.3) is 0 Å². The Morgan fingerprint density at radius 3 is 2.71 bits per heavy atom. The van der Waals surface area contributed by atoms with Gasteiger partial charge in [0.2, 0.25) is 12.2 Å². The number of aromatic nitrogens is 3. The molecule has 146 valence electrons. The summed E-state index contributed by atoms with van der Waals surface area (Å²) in [6.45, 7) is 2.96. The van der Waals surface area contributed by atoms with Crippen LogP contribution in [-0.4, -0.2) is 39.7 Å². The van der Waals surface area contributed by atoms with Gasteiger partial charge >= 0.3 is 6.18 Å². The molecule has 9 heteroatoms. The van der Waals surface area contributed by atoms with Crippen LogP contribution in [0.25, 0.3) is 11.4 Å². The number of pyridine rings is 1. The molecule has 1 aromatic carbocycles. The monoisotopic (exact) mass is 389 g/mol. The zero-order chi connectivity index (χ0) is 19.6. The summed E-state index contributed by atoms with van der Waals surface area (Å²) in [7, 11) is 0. The molecule has 1 saturated heterocycles. The van der Waals surface area contributed by atoms with E-state index in [4.69, 9.17) is 4.52 Å². The normalized spacial score (nSPS) is 18.3. The molecular formula is C19H18F3N5O. The molecule has 1 aliphatic rings. The van der Waals surface area contributed by atoms with Gasteiger partial charge in [0.05, 0.1) is 5.56 Å². The van der Waals surface area contributed by atoms with Crippen LogP contribution in [0.15, 0.2) is 53.6 Å². The quantitative estimate of drug-likeness (QED) is 0.739. The Morgan fingerprint density at radius 2 is 2.00 bits per heavy atom. The van der Waals surface area contributed by atoms with Gasteiger partial charge in [-0.2, -0.15) is 18.2 Å². The van der Waals surface area contributed by atoms with E-state index in [2.05, 4.69) is 25.3 Å². The predicted molar refractivity (Wildman–Crippen MR) is 95.0 cm³/mol. The Kier molecular flexibility index (Phi) is 5.10. The molecule has 1 atom stereocenters. The molecule has 1 unspecified atom stereocenters. The maximum absolute atomic E-state index is 12.8. The Hall–Kier alpha value is -2.78. The van der Waals surface area contributed by atoms with Crippen molar-refractivity contribution in [3.05, 3.63) is 65.8 Å². The third-order valence-corrected chi connectivity index (χ3v) is 4.72. The topological polar surface area (TPSA) is 67.1 Å². The number of alkyl halides is 3. The van der Waals surface area contributed by atoms with Crippen LogP contribution >= 0.6 is 0 Å². The molecule has 2 aromatic heterocycles. The summed E-state index contributed by atoms with van der Waals surface area (Å²) in [5.41, 5.74) is 2.00. The highest BCUT2D eigenvalue weighted by atomic mass is 19.4. The van der Waals surface area contributed by atoms with Crippen LogP contribution in [0.5, 0.6) is 0 Å². The molecule has 4 rings (SSSR count). The van der Waals surface area contributed by atoms with Crippen LogP contribution in [0, 0.1) is 0 Å². The average Bonchev–Trinajstić information content (AvgIpc) is 3.23. The second-order valence-corrected chi connectivity index (χ2v) is 6.70. The van der Waals surface area contributed by atoms with E-state index in [0.717, 1.165) is 41.9 Å². The Balaban J connectivity index is 1.44. The van der Waals surface area contributed by atoms with Gasteiger partial charge in [-0.25, -0.2) is 0 Å². The van der Waals surface area contributed by atoms with Crippen molar-refractivity contribution < 1.29 is 17.7 Å². The van der Waals surface area contributed by atoms with E-state index in [-0.39, 0.29) is 6.04 Å². The second-order valence-electron chi connectivity index (χ2n) is 6.70. The van der Waals surface area contributed by atoms with E-state index in [9.17, 15) is 13.2 Å². The average molecular weight is 389 g/mol. The lowest BCUT2D eigenvalue weighted by Crippen LogP contribution is -2.45. The lowest BCUT2D eigenvalue weighted by atomic mass is 10.0. The first-order valence-electron chi connectivity index (χ1n) is 8.82.